The zero-order valence-corrected chi connectivity index (χ0v) is 13.9. The smallest absolute Gasteiger partial charge is 0.191 e. The zero-order chi connectivity index (χ0) is 15.2. The predicted molar refractivity (Wildman–Crippen MR) is 90.9 cm³/mol. The van der Waals surface area contributed by atoms with E-state index in [1.165, 1.54) is 32.1 Å². The predicted octanol–water partition coefficient (Wildman–Crippen LogP) is 3.25. The number of hydrogen-bond donors (Lipinski definition) is 2. The van der Waals surface area contributed by atoms with Crippen molar-refractivity contribution < 1.29 is 4.74 Å². The summed E-state index contributed by atoms with van der Waals surface area (Å²) < 4.78 is 5.05. The van der Waals surface area contributed by atoms with Crippen molar-refractivity contribution >= 4 is 5.96 Å². The quantitative estimate of drug-likeness (QED) is 0.281. The number of guanidine groups is 1. The molecule has 1 rings (SSSR count). The van der Waals surface area contributed by atoms with E-state index < -0.39 is 0 Å². The van der Waals surface area contributed by atoms with E-state index in [9.17, 15) is 0 Å². The minimum Gasteiger partial charge on any atom is -0.385 e. The maximum Gasteiger partial charge on any atom is 0.191 e. The topological polar surface area (TPSA) is 45.7 Å². The number of allylic oxidation sites excluding steroid dienone is 1. The summed E-state index contributed by atoms with van der Waals surface area (Å²) in [4.78, 5) is 4.63. The third kappa shape index (κ3) is 9.51. The summed E-state index contributed by atoms with van der Waals surface area (Å²) in [6, 6.07) is 0. The first-order chi connectivity index (χ1) is 10.4. The van der Waals surface area contributed by atoms with Crippen molar-refractivity contribution in [1.82, 2.24) is 10.6 Å². The Morgan fingerprint density at radius 2 is 2.14 bits per heavy atom. The third-order valence-electron chi connectivity index (χ3n) is 3.74. The van der Waals surface area contributed by atoms with Gasteiger partial charge in [-0.05, 0) is 58.3 Å². The van der Waals surface area contributed by atoms with Crippen LogP contribution in [-0.4, -0.2) is 39.3 Å². The van der Waals surface area contributed by atoms with Crippen LogP contribution in [0.25, 0.3) is 0 Å². The van der Waals surface area contributed by atoms with E-state index >= 15 is 0 Å². The van der Waals surface area contributed by atoms with Crippen molar-refractivity contribution in [3.8, 4) is 0 Å². The first-order valence-corrected chi connectivity index (χ1v) is 8.56. The molecular weight excluding hydrogens is 262 g/mol. The molecule has 1 aliphatic rings. The molecule has 0 unspecified atom stereocenters. The van der Waals surface area contributed by atoms with Gasteiger partial charge in [0.1, 0.15) is 0 Å². The van der Waals surface area contributed by atoms with Gasteiger partial charge in [0.2, 0.25) is 0 Å². The van der Waals surface area contributed by atoms with Crippen LogP contribution in [0, 0.1) is 0 Å². The first-order valence-electron chi connectivity index (χ1n) is 8.56. The van der Waals surface area contributed by atoms with E-state index in [0.29, 0.717) is 0 Å². The lowest BCUT2D eigenvalue weighted by Crippen LogP contribution is -2.38. The summed E-state index contributed by atoms with van der Waals surface area (Å²) in [5.74, 6) is 0.959. The number of rotatable bonds is 10. The van der Waals surface area contributed by atoms with E-state index in [-0.39, 0.29) is 0 Å². The van der Waals surface area contributed by atoms with Crippen molar-refractivity contribution in [3.05, 3.63) is 11.6 Å². The molecule has 0 saturated carbocycles. The van der Waals surface area contributed by atoms with Gasteiger partial charge in [-0.2, -0.15) is 0 Å². The normalized spacial score (nSPS) is 15.7. The molecular formula is C17H33N3O. The highest BCUT2D eigenvalue weighted by molar-refractivity contribution is 5.79. The molecule has 0 atom stereocenters. The maximum atomic E-state index is 5.05. The van der Waals surface area contributed by atoms with Crippen molar-refractivity contribution in [3.63, 3.8) is 0 Å². The Bertz CT molecular complexity index is 313. The molecule has 0 amide bonds. The monoisotopic (exact) mass is 295 g/mol. The van der Waals surface area contributed by atoms with Gasteiger partial charge >= 0.3 is 0 Å². The number of nitrogens with zero attached hydrogens (tertiary/aromatic N) is 1. The fourth-order valence-corrected chi connectivity index (χ4v) is 2.54. The van der Waals surface area contributed by atoms with E-state index in [4.69, 9.17) is 4.74 Å². The maximum absolute atomic E-state index is 5.05. The molecule has 0 aromatic rings. The van der Waals surface area contributed by atoms with Gasteiger partial charge in [0.15, 0.2) is 5.96 Å². The molecule has 4 nitrogen and oxygen atoms in total. The molecule has 0 aromatic carbocycles. The van der Waals surface area contributed by atoms with Gasteiger partial charge in [-0.25, -0.2) is 0 Å². The number of unbranched alkanes of at least 4 members (excludes halogenated alkanes) is 2. The molecule has 0 radical (unpaired) electrons. The van der Waals surface area contributed by atoms with Crippen molar-refractivity contribution in [2.45, 2.75) is 58.3 Å². The standard InChI is InChI=1S/C17H33N3O/c1-3-18-17(19-13-8-5-9-15-21-2)20-14-12-16-10-6-4-7-11-16/h10H,3-9,11-15H2,1-2H3,(H2,18,19,20). The molecule has 0 aromatic heterocycles. The molecule has 0 saturated heterocycles. The fraction of sp³-hybridized carbons (Fsp3) is 0.824. The van der Waals surface area contributed by atoms with Gasteiger partial charge in [-0.3, -0.25) is 4.99 Å². The fourth-order valence-electron chi connectivity index (χ4n) is 2.54. The number of nitrogens with one attached hydrogen (secondary N) is 2. The van der Waals surface area contributed by atoms with Crippen LogP contribution in [0.3, 0.4) is 0 Å². The van der Waals surface area contributed by atoms with Gasteiger partial charge in [0.25, 0.3) is 0 Å². The summed E-state index contributed by atoms with van der Waals surface area (Å²) in [5.41, 5.74) is 1.61. The highest BCUT2D eigenvalue weighted by atomic mass is 16.5. The second-order valence-electron chi connectivity index (χ2n) is 5.60. The van der Waals surface area contributed by atoms with Crippen LogP contribution in [0.5, 0.6) is 0 Å². The first kappa shape index (κ1) is 18.0. The van der Waals surface area contributed by atoms with Gasteiger partial charge in [0, 0.05) is 33.4 Å². The molecule has 21 heavy (non-hydrogen) atoms. The molecule has 0 fully saturated rings. The second-order valence-corrected chi connectivity index (χ2v) is 5.60. The van der Waals surface area contributed by atoms with Crippen LogP contribution in [0.15, 0.2) is 16.6 Å². The van der Waals surface area contributed by atoms with Crippen LogP contribution in [0.2, 0.25) is 0 Å². The molecule has 0 heterocycles. The van der Waals surface area contributed by atoms with Crippen molar-refractivity contribution in [2.75, 3.05) is 33.4 Å². The Morgan fingerprint density at radius 3 is 2.86 bits per heavy atom. The van der Waals surface area contributed by atoms with E-state index in [0.717, 1.165) is 51.5 Å². The zero-order valence-electron chi connectivity index (χ0n) is 13.9. The Hall–Kier alpha value is -1.03. The van der Waals surface area contributed by atoms with E-state index in [1.807, 2.05) is 0 Å². The lowest BCUT2D eigenvalue weighted by Gasteiger charge is -2.15. The van der Waals surface area contributed by atoms with Crippen LogP contribution in [-0.2, 0) is 4.74 Å². The summed E-state index contributed by atoms with van der Waals surface area (Å²) in [5, 5.41) is 6.76. The molecule has 0 spiro atoms. The highest BCUT2D eigenvalue weighted by Crippen LogP contribution is 2.19. The summed E-state index contributed by atoms with van der Waals surface area (Å²) in [6.07, 6.45) is 12.3. The SMILES string of the molecule is CCNC(=NCCCCCOC)NCCC1=CCCCC1. The molecule has 2 N–H and O–H groups in total. The molecule has 1 aliphatic carbocycles. The van der Waals surface area contributed by atoms with Gasteiger partial charge in [0.05, 0.1) is 0 Å². The molecule has 122 valence electrons. The second kappa shape index (κ2) is 12.7. The molecule has 0 aliphatic heterocycles. The van der Waals surface area contributed by atoms with Crippen LogP contribution < -0.4 is 10.6 Å². The van der Waals surface area contributed by atoms with Crippen LogP contribution in [0.1, 0.15) is 58.3 Å². The van der Waals surface area contributed by atoms with Gasteiger partial charge in [-0.1, -0.05) is 11.6 Å². The highest BCUT2D eigenvalue weighted by Gasteiger charge is 2.03. The van der Waals surface area contributed by atoms with Gasteiger partial charge < -0.3 is 15.4 Å². The minimum absolute atomic E-state index is 0.858. The summed E-state index contributed by atoms with van der Waals surface area (Å²) in [6.45, 7) is 5.76. The van der Waals surface area contributed by atoms with Gasteiger partial charge in [-0.15, -0.1) is 0 Å². The summed E-state index contributed by atoms with van der Waals surface area (Å²) in [7, 11) is 1.76. The Balaban J connectivity index is 2.16. The lowest BCUT2D eigenvalue weighted by molar-refractivity contribution is 0.192. The molecule has 0 bridgehead atoms. The Morgan fingerprint density at radius 1 is 1.24 bits per heavy atom. The summed E-state index contributed by atoms with van der Waals surface area (Å²) >= 11 is 0. The Labute approximate surface area is 130 Å². The number of hydrogen-bond acceptors (Lipinski definition) is 2. The third-order valence-corrected chi connectivity index (χ3v) is 3.74. The minimum atomic E-state index is 0.858. The average molecular weight is 295 g/mol. The number of ether oxygens (including phenoxy) is 1. The lowest BCUT2D eigenvalue weighted by atomic mass is 9.97. The Kier molecular flexibility index (Phi) is 10.9. The largest absolute Gasteiger partial charge is 0.385 e. The van der Waals surface area contributed by atoms with Crippen LogP contribution >= 0.6 is 0 Å². The van der Waals surface area contributed by atoms with Crippen molar-refractivity contribution in [1.29, 1.82) is 0 Å². The van der Waals surface area contributed by atoms with E-state index in [1.54, 1.807) is 12.7 Å². The number of aliphatic imine (C=N–C) groups is 1. The number of methoxy groups -OCH3 is 1. The van der Waals surface area contributed by atoms with E-state index in [2.05, 4.69) is 28.6 Å². The average Bonchev–Trinajstić information content (AvgIpc) is 2.51. The van der Waals surface area contributed by atoms with Crippen molar-refractivity contribution in [2.24, 2.45) is 4.99 Å². The molecule has 4 heteroatoms. The van der Waals surface area contributed by atoms with Crippen LogP contribution in [0.4, 0.5) is 0 Å².